The Kier molecular flexibility index (Phi) is 6.69. The lowest BCUT2D eigenvalue weighted by Gasteiger charge is -2.26. The third-order valence-corrected chi connectivity index (χ3v) is 6.58. The van der Waals surface area contributed by atoms with Gasteiger partial charge in [-0.15, -0.1) is 0 Å². The number of carbonyl (C=O) groups excluding carboxylic acids is 1. The number of furan rings is 1. The molecule has 7 nitrogen and oxygen atoms in total. The molecule has 182 valence electrons. The van der Waals surface area contributed by atoms with Crippen molar-refractivity contribution in [3.05, 3.63) is 108 Å². The quantitative estimate of drug-likeness (QED) is 0.271. The van der Waals surface area contributed by atoms with Crippen LogP contribution in [0.5, 0.6) is 5.75 Å². The van der Waals surface area contributed by atoms with E-state index in [-0.39, 0.29) is 12.1 Å². The highest BCUT2D eigenvalue weighted by Crippen LogP contribution is 2.41. The van der Waals surface area contributed by atoms with Gasteiger partial charge in [0, 0.05) is 18.3 Å². The molecular weight excluding hydrogens is 474 g/mol. The summed E-state index contributed by atoms with van der Waals surface area (Å²) in [7, 11) is 3.02. The number of esters is 1. The van der Waals surface area contributed by atoms with E-state index < -0.39 is 5.97 Å². The van der Waals surface area contributed by atoms with Crippen LogP contribution >= 0.6 is 12.2 Å². The van der Waals surface area contributed by atoms with Crippen LogP contribution in [0, 0.1) is 0 Å². The van der Waals surface area contributed by atoms with Gasteiger partial charge in [0.2, 0.25) is 0 Å². The van der Waals surface area contributed by atoms with E-state index in [9.17, 15) is 4.79 Å². The minimum absolute atomic E-state index is 0.216. The van der Waals surface area contributed by atoms with Crippen LogP contribution < -0.4 is 10.1 Å². The zero-order chi connectivity index (χ0) is 25.1. The minimum atomic E-state index is -0.417. The van der Waals surface area contributed by atoms with E-state index in [0.29, 0.717) is 34.3 Å². The first-order chi connectivity index (χ1) is 17.6. The molecule has 5 rings (SSSR count). The monoisotopic (exact) mass is 499 g/mol. The Morgan fingerprint density at radius 3 is 2.53 bits per heavy atom. The van der Waals surface area contributed by atoms with Crippen molar-refractivity contribution >= 4 is 23.3 Å². The molecule has 4 aromatic rings. The molecule has 0 amide bonds. The smallest absolute Gasteiger partial charge is 0.338 e. The lowest BCUT2D eigenvalue weighted by molar-refractivity contribution is 0.0601. The molecule has 0 bridgehead atoms. The molecule has 1 aliphatic heterocycles. The standard InChI is InChI=1S/C28H25N3O4S/c1-33-19-12-10-18(11-13-19)17-31-26(25(30-28(31)36)22-9-5-6-16-29-22)24-15-14-23(35-24)20-7-3-4-8-21(20)27(32)34-2/h3-16,25-26H,17H2,1-2H3,(H,30,36)/t25-,26+/m1/s1. The summed E-state index contributed by atoms with van der Waals surface area (Å²) in [5.74, 6) is 1.66. The predicted octanol–water partition coefficient (Wildman–Crippen LogP) is 5.31. The summed E-state index contributed by atoms with van der Waals surface area (Å²) in [6.45, 7) is 0.568. The molecule has 8 heteroatoms. The molecule has 0 radical (unpaired) electrons. The van der Waals surface area contributed by atoms with Crippen LogP contribution in [0.3, 0.4) is 0 Å². The first-order valence-electron chi connectivity index (χ1n) is 11.5. The predicted molar refractivity (Wildman–Crippen MR) is 139 cm³/mol. The van der Waals surface area contributed by atoms with Crippen molar-refractivity contribution in [1.82, 2.24) is 15.2 Å². The first kappa shape index (κ1) is 23.6. The lowest BCUT2D eigenvalue weighted by atomic mass is 10.0. The van der Waals surface area contributed by atoms with Gasteiger partial charge in [0.1, 0.15) is 23.3 Å². The Morgan fingerprint density at radius 2 is 1.81 bits per heavy atom. The van der Waals surface area contributed by atoms with Crippen molar-refractivity contribution < 1.29 is 18.7 Å². The number of nitrogens with zero attached hydrogens (tertiary/aromatic N) is 2. The molecule has 0 saturated carbocycles. The molecule has 0 unspecified atom stereocenters. The number of hydrogen-bond donors (Lipinski definition) is 1. The van der Waals surface area contributed by atoms with E-state index >= 15 is 0 Å². The molecule has 2 aromatic carbocycles. The van der Waals surface area contributed by atoms with E-state index in [1.54, 1.807) is 25.4 Å². The molecule has 36 heavy (non-hydrogen) atoms. The molecule has 0 aliphatic carbocycles. The second kappa shape index (κ2) is 10.2. The molecule has 0 spiro atoms. The molecule has 1 fully saturated rings. The summed E-state index contributed by atoms with van der Waals surface area (Å²) >= 11 is 5.77. The maximum atomic E-state index is 12.3. The molecule has 1 saturated heterocycles. The van der Waals surface area contributed by atoms with Gasteiger partial charge in [-0.25, -0.2) is 4.79 Å². The fourth-order valence-corrected chi connectivity index (χ4v) is 4.76. The van der Waals surface area contributed by atoms with Crippen molar-refractivity contribution in [1.29, 1.82) is 0 Å². The lowest BCUT2D eigenvalue weighted by Crippen LogP contribution is -2.29. The van der Waals surface area contributed by atoms with Crippen molar-refractivity contribution in [3.8, 4) is 17.1 Å². The fourth-order valence-electron chi connectivity index (χ4n) is 4.45. The summed E-state index contributed by atoms with van der Waals surface area (Å²) in [6.07, 6.45) is 1.77. The summed E-state index contributed by atoms with van der Waals surface area (Å²) in [6, 6.07) is 24.3. The van der Waals surface area contributed by atoms with Gasteiger partial charge in [-0.1, -0.05) is 36.4 Å². The zero-order valence-corrected chi connectivity index (χ0v) is 20.7. The summed E-state index contributed by atoms with van der Waals surface area (Å²) in [5, 5.41) is 4.05. The molecule has 2 aromatic heterocycles. The van der Waals surface area contributed by atoms with Crippen LogP contribution in [0.25, 0.3) is 11.3 Å². The normalized spacial score (nSPS) is 17.1. The van der Waals surface area contributed by atoms with Crippen LogP contribution in [0.2, 0.25) is 0 Å². The maximum absolute atomic E-state index is 12.3. The Balaban J connectivity index is 1.53. The third kappa shape index (κ3) is 4.55. The number of aromatic nitrogens is 1. The van der Waals surface area contributed by atoms with Gasteiger partial charge in [0.25, 0.3) is 0 Å². The van der Waals surface area contributed by atoms with E-state index in [4.69, 9.17) is 26.1 Å². The minimum Gasteiger partial charge on any atom is -0.497 e. The Morgan fingerprint density at radius 1 is 1.03 bits per heavy atom. The second-order valence-corrected chi connectivity index (χ2v) is 8.73. The molecule has 1 N–H and O–H groups in total. The highest BCUT2D eigenvalue weighted by Gasteiger charge is 2.41. The van der Waals surface area contributed by atoms with E-state index in [1.165, 1.54) is 7.11 Å². The van der Waals surface area contributed by atoms with Gasteiger partial charge in [-0.3, -0.25) is 4.98 Å². The maximum Gasteiger partial charge on any atom is 0.338 e. The fraction of sp³-hybridized carbons (Fsp3) is 0.179. The van der Waals surface area contributed by atoms with Gasteiger partial charge in [-0.2, -0.15) is 0 Å². The van der Waals surface area contributed by atoms with Crippen LogP contribution in [0.4, 0.5) is 0 Å². The van der Waals surface area contributed by atoms with Gasteiger partial charge < -0.3 is 24.1 Å². The summed E-state index contributed by atoms with van der Waals surface area (Å²) < 4.78 is 16.7. The van der Waals surface area contributed by atoms with E-state index in [0.717, 1.165) is 17.0 Å². The SMILES string of the molecule is COC(=O)c1ccccc1-c1ccc([C@H]2[C@@H](c3ccccn3)NC(=S)N2Cc2ccc(OC)cc2)o1. The van der Waals surface area contributed by atoms with E-state index in [2.05, 4.69) is 15.2 Å². The van der Waals surface area contributed by atoms with Crippen LogP contribution in [0.1, 0.15) is 39.5 Å². The van der Waals surface area contributed by atoms with Crippen LogP contribution in [-0.4, -0.2) is 35.2 Å². The highest BCUT2D eigenvalue weighted by molar-refractivity contribution is 7.80. The number of hydrogen-bond acceptors (Lipinski definition) is 6. The average molecular weight is 500 g/mol. The van der Waals surface area contributed by atoms with Crippen molar-refractivity contribution in [2.75, 3.05) is 14.2 Å². The number of thiocarbonyl (C=S) groups is 1. The van der Waals surface area contributed by atoms with Crippen molar-refractivity contribution in [2.45, 2.75) is 18.6 Å². The number of ether oxygens (including phenoxy) is 2. The van der Waals surface area contributed by atoms with Gasteiger partial charge in [0.15, 0.2) is 5.11 Å². The van der Waals surface area contributed by atoms with Gasteiger partial charge in [-0.05, 0) is 60.2 Å². The molecule has 1 aliphatic rings. The van der Waals surface area contributed by atoms with Gasteiger partial charge >= 0.3 is 5.97 Å². The van der Waals surface area contributed by atoms with Crippen LogP contribution in [-0.2, 0) is 11.3 Å². The average Bonchev–Trinajstić information content (AvgIpc) is 3.54. The molecule has 2 atom stereocenters. The summed E-state index contributed by atoms with van der Waals surface area (Å²) in [5.41, 5.74) is 3.04. The summed E-state index contributed by atoms with van der Waals surface area (Å²) in [4.78, 5) is 19.0. The number of rotatable bonds is 7. The highest BCUT2D eigenvalue weighted by atomic mass is 32.1. The Bertz CT molecular complexity index is 1370. The number of benzene rings is 2. The number of carbonyl (C=O) groups is 1. The Hall–Kier alpha value is -4.17. The van der Waals surface area contributed by atoms with Crippen LogP contribution in [0.15, 0.2) is 89.5 Å². The Labute approximate surface area is 214 Å². The third-order valence-electron chi connectivity index (χ3n) is 6.23. The number of nitrogens with one attached hydrogen (secondary N) is 1. The number of pyridine rings is 1. The topological polar surface area (TPSA) is 76.8 Å². The van der Waals surface area contributed by atoms with Crippen molar-refractivity contribution in [3.63, 3.8) is 0 Å². The first-order valence-corrected chi connectivity index (χ1v) is 11.9. The molecule has 3 heterocycles. The molecular formula is C28H25N3O4S. The largest absolute Gasteiger partial charge is 0.497 e. The number of methoxy groups -OCH3 is 2. The van der Waals surface area contributed by atoms with Gasteiger partial charge in [0.05, 0.1) is 31.5 Å². The zero-order valence-electron chi connectivity index (χ0n) is 19.9. The van der Waals surface area contributed by atoms with Crippen molar-refractivity contribution in [2.24, 2.45) is 0 Å². The second-order valence-electron chi connectivity index (χ2n) is 8.34. The van der Waals surface area contributed by atoms with E-state index in [1.807, 2.05) is 66.7 Å².